The molecule has 100 valence electrons. The molecule has 0 fully saturated rings. The fourth-order valence-corrected chi connectivity index (χ4v) is 2.70. The molecular weight excluding hydrogens is 260 g/mol. The number of rotatable bonds is 5. The highest BCUT2D eigenvalue weighted by Gasteiger charge is 2.16. The number of nitrogens with zero attached hydrogens (tertiary/aromatic N) is 1. The van der Waals surface area contributed by atoms with Crippen molar-refractivity contribution in [2.75, 3.05) is 5.32 Å². The molecule has 0 unspecified atom stereocenters. The number of carboxylic acid groups (broad SMARTS) is 1. The SMILES string of the molecule is CCCc1nc(Nc2cccc(C)c2)sc1C(=O)O. The number of aromatic nitrogens is 1. The summed E-state index contributed by atoms with van der Waals surface area (Å²) in [6.07, 6.45) is 1.57. The second kappa shape index (κ2) is 5.84. The first-order chi connectivity index (χ1) is 9.10. The van der Waals surface area contributed by atoms with Crippen molar-refractivity contribution in [1.82, 2.24) is 4.98 Å². The zero-order valence-corrected chi connectivity index (χ0v) is 11.8. The summed E-state index contributed by atoms with van der Waals surface area (Å²) in [6.45, 7) is 4.02. The minimum atomic E-state index is -0.904. The summed E-state index contributed by atoms with van der Waals surface area (Å²) >= 11 is 1.19. The average Bonchev–Trinajstić information content (AvgIpc) is 2.73. The molecule has 0 spiro atoms. The molecule has 0 radical (unpaired) electrons. The van der Waals surface area contributed by atoms with Crippen molar-refractivity contribution in [3.8, 4) is 0 Å². The van der Waals surface area contributed by atoms with E-state index in [0.717, 1.165) is 17.7 Å². The quantitative estimate of drug-likeness (QED) is 0.870. The standard InChI is InChI=1S/C14H16N2O2S/c1-3-5-11-12(13(17)18)19-14(16-11)15-10-7-4-6-9(2)8-10/h4,6-8H,3,5H2,1-2H3,(H,15,16)(H,17,18). The summed E-state index contributed by atoms with van der Waals surface area (Å²) in [5, 5.41) is 13.0. The van der Waals surface area contributed by atoms with Gasteiger partial charge in [0.1, 0.15) is 4.88 Å². The van der Waals surface area contributed by atoms with Gasteiger partial charge in [-0.05, 0) is 31.0 Å². The van der Waals surface area contributed by atoms with Gasteiger partial charge in [0.05, 0.1) is 5.69 Å². The number of aryl methyl sites for hydroxylation is 2. The molecular formula is C14H16N2O2S. The number of thiazole rings is 1. The van der Waals surface area contributed by atoms with Gasteiger partial charge in [-0.15, -0.1) is 0 Å². The van der Waals surface area contributed by atoms with Crippen LogP contribution in [0.4, 0.5) is 10.8 Å². The molecule has 2 N–H and O–H groups in total. The number of benzene rings is 1. The first kappa shape index (κ1) is 13.5. The van der Waals surface area contributed by atoms with Crippen LogP contribution in [0.2, 0.25) is 0 Å². The number of carbonyl (C=O) groups is 1. The van der Waals surface area contributed by atoms with E-state index < -0.39 is 5.97 Å². The third-order valence-corrected chi connectivity index (χ3v) is 3.65. The summed E-state index contributed by atoms with van der Waals surface area (Å²) < 4.78 is 0. The number of hydrogen-bond donors (Lipinski definition) is 2. The van der Waals surface area contributed by atoms with Crippen molar-refractivity contribution < 1.29 is 9.90 Å². The van der Waals surface area contributed by atoms with E-state index >= 15 is 0 Å². The molecule has 4 nitrogen and oxygen atoms in total. The van der Waals surface area contributed by atoms with Crippen molar-refractivity contribution in [1.29, 1.82) is 0 Å². The van der Waals surface area contributed by atoms with Gasteiger partial charge in [-0.25, -0.2) is 9.78 Å². The van der Waals surface area contributed by atoms with Gasteiger partial charge >= 0.3 is 5.97 Å². The Kier molecular flexibility index (Phi) is 4.16. The van der Waals surface area contributed by atoms with E-state index in [-0.39, 0.29) is 0 Å². The molecule has 0 aliphatic carbocycles. The first-order valence-corrected chi connectivity index (χ1v) is 6.98. The van der Waals surface area contributed by atoms with Crippen molar-refractivity contribution in [2.45, 2.75) is 26.7 Å². The number of anilines is 2. The van der Waals surface area contributed by atoms with Crippen molar-refractivity contribution in [2.24, 2.45) is 0 Å². The van der Waals surface area contributed by atoms with Gasteiger partial charge < -0.3 is 10.4 Å². The summed E-state index contributed by atoms with van der Waals surface area (Å²) in [7, 11) is 0. The molecule has 2 aromatic rings. The maximum absolute atomic E-state index is 11.2. The maximum atomic E-state index is 11.2. The zero-order valence-electron chi connectivity index (χ0n) is 10.9. The normalized spacial score (nSPS) is 10.4. The zero-order chi connectivity index (χ0) is 13.8. The topological polar surface area (TPSA) is 62.2 Å². The van der Waals surface area contributed by atoms with Crippen LogP contribution in [-0.2, 0) is 6.42 Å². The molecule has 0 amide bonds. The Balaban J connectivity index is 2.25. The summed E-state index contributed by atoms with van der Waals surface area (Å²) in [5.41, 5.74) is 2.73. The van der Waals surface area contributed by atoms with Crippen LogP contribution in [0, 0.1) is 6.92 Å². The lowest BCUT2D eigenvalue weighted by Gasteiger charge is -2.02. The maximum Gasteiger partial charge on any atom is 0.347 e. The molecule has 1 aromatic carbocycles. The second-order valence-corrected chi connectivity index (χ2v) is 5.34. The highest BCUT2D eigenvalue weighted by molar-refractivity contribution is 7.17. The first-order valence-electron chi connectivity index (χ1n) is 6.17. The number of nitrogens with one attached hydrogen (secondary N) is 1. The van der Waals surface area contributed by atoms with Gasteiger partial charge in [0, 0.05) is 5.69 Å². The molecule has 1 heterocycles. The van der Waals surface area contributed by atoms with Gasteiger partial charge in [0.25, 0.3) is 0 Å². The van der Waals surface area contributed by atoms with Crippen molar-refractivity contribution in [3.05, 3.63) is 40.4 Å². The fourth-order valence-electron chi connectivity index (χ4n) is 1.82. The number of aromatic carboxylic acids is 1. The van der Waals surface area contributed by atoms with Crippen LogP contribution >= 0.6 is 11.3 Å². The van der Waals surface area contributed by atoms with E-state index in [1.807, 2.05) is 38.1 Å². The van der Waals surface area contributed by atoms with Crippen LogP contribution in [0.5, 0.6) is 0 Å². The lowest BCUT2D eigenvalue weighted by Crippen LogP contribution is -1.98. The largest absolute Gasteiger partial charge is 0.477 e. The fraction of sp³-hybridized carbons (Fsp3) is 0.286. The van der Waals surface area contributed by atoms with Gasteiger partial charge in [0.15, 0.2) is 5.13 Å². The molecule has 0 atom stereocenters. The number of hydrogen-bond acceptors (Lipinski definition) is 4. The average molecular weight is 276 g/mol. The predicted octanol–water partition coefficient (Wildman–Crippen LogP) is 3.85. The van der Waals surface area contributed by atoms with E-state index in [9.17, 15) is 4.79 Å². The van der Waals surface area contributed by atoms with Crippen LogP contribution in [0.1, 0.15) is 34.3 Å². The summed E-state index contributed by atoms with van der Waals surface area (Å²) in [6, 6.07) is 7.91. The third-order valence-electron chi connectivity index (χ3n) is 2.65. The molecule has 2 rings (SSSR count). The van der Waals surface area contributed by atoms with E-state index in [4.69, 9.17) is 5.11 Å². The molecule has 0 aliphatic heterocycles. The lowest BCUT2D eigenvalue weighted by molar-refractivity contribution is 0.0700. The molecule has 5 heteroatoms. The Morgan fingerprint density at radius 1 is 1.47 bits per heavy atom. The van der Waals surface area contributed by atoms with Gasteiger partial charge in [-0.3, -0.25) is 0 Å². The van der Waals surface area contributed by atoms with E-state index in [2.05, 4.69) is 10.3 Å². The highest BCUT2D eigenvalue weighted by Crippen LogP contribution is 2.27. The van der Waals surface area contributed by atoms with Gasteiger partial charge in [0.2, 0.25) is 0 Å². The molecule has 0 bridgehead atoms. The Morgan fingerprint density at radius 3 is 2.89 bits per heavy atom. The third kappa shape index (κ3) is 3.32. The van der Waals surface area contributed by atoms with Gasteiger partial charge in [-0.1, -0.05) is 36.8 Å². The van der Waals surface area contributed by atoms with Gasteiger partial charge in [-0.2, -0.15) is 0 Å². The molecule has 0 saturated heterocycles. The smallest absolute Gasteiger partial charge is 0.347 e. The minimum absolute atomic E-state index is 0.331. The van der Waals surface area contributed by atoms with Crippen LogP contribution in [0.15, 0.2) is 24.3 Å². The highest BCUT2D eigenvalue weighted by atomic mass is 32.1. The minimum Gasteiger partial charge on any atom is -0.477 e. The molecule has 0 aliphatic rings. The van der Waals surface area contributed by atoms with E-state index in [1.165, 1.54) is 11.3 Å². The molecule has 19 heavy (non-hydrogen) atoms. The second-order valence-electron chi connectivity index (χ2n) is 4.34. The summed E-state index contributed by atoms with van der Waals surface area (Å²) in [5.74, 6) is -0.904. The Hall–Kier alpha value is -1.88. The van der Waals surface area contributed by atoms with Crippen LogP contribution in [-0.4, -0.2) is 16.1 Å². The predicted molar refractivity (Wildman–Crippen MR) is 77.5 cm³/mol. The lowest BCUT2D eigenvalue weighted by atomic mass is 10.2. The van der Waals surface area contributed by atoms with E-state index in [1.54, 1.807) is 0 Å². The van der Waals surface area contributed by atoms with Crippen molar-refractivity contribution >= 4 is 28.1 Å². The Morgan fingerprint density at radius 2 is 2.26 bits per heavy atom. The summed E-state index contributed by atoms with van der Waals surface area (Å²) in [4.78, 5) is 15.9. The molecule has 1 aromatic heterocycles. The van der Waals surface area contributed by atoms with Crippen LogP contribution < -0.4 is 5.32 Å². The van der Waals surface area contributed by atoms with E-state index in [0.29, 0.717) is 22.1 Å². The molecule has 0 saturated carbocycles. The Bertz CT molecular complexity index is 593. The number of carboxylic acids is 1. The Labute approximate surface area is 116 Å². The van der Waals surface area contributed by atoms with Crippen LogP contribution in [0.3, 0.4) is 0 Å². The van der Waals surface area contributed by atoms with Crippen LogP contribution in [0.25, 0.3) is 0 Å². The monoisotopic (exact) mass is 276 g/mol. The van der Waals surface area contributed by atoms with Crippen molar-refractivity contribution in [3.63, 3.8) is 0 Å².